The standard InChI is InChI=1S/C8H11N3O2/c1-11(2)8-4-9-7(3-10-8)5-13-6-12/h3-4,6H,5H2,1-2H3. The van der Waals surface area contributed by atoms with Gasteiger partial charge in [0.05, 0.1) is 18.1 Å². The molecule has 0 radical (unpaired) electrons. The van der Waals surface area contributed by atoms with E-state index in [-0.39, 0.29) is 6.61 Å². The largest absolute Gasteiger partial charge is 0.461 e. The van der Waals surface area contributed by atoms with Crippen LogP contribution in [0.4, 0.5) is 5.82 Å². The zero-order valence-electron chi connectivity index (χ0n) is 7.60. The third kappa shape index (κ3) is 2.70. The van der Waals surface area contributed by atoms with Crippen molar-refractivity contribution in [1.82, 2.24) is 9.97 Å². The Balaban J connectivity index is 2.64. The minimum Gasteiger partial charge on any atom is -0.461 e. The van der Waals surface area contributed by atoms with E-state index in [1.807, 2.05) is 19.0 Å². The fourth-order valence-corrected chi connectivity index (χ4v) is 0.773. The van der Waals surface area contributed by atoms with Gasteiger partial charge in [-0.25, -0.2) is 4.98 Å². The summed E-state index contributed by atoms with van der Waals surface area (Å²) < 4.78 is 4.52. The molecule has 0 atom stereocenters. The van der Waals surface area contributed by atoms with Gasteiger partial charge in [-0.1, -0.05) is 0 Å². The molecule has 0 saturated heterocycles. The Hall–Kier alpha value is -1.65. The lowest BCUT2D eigenvalue weighted by molar-refractivity contribution is -0.129. The maximum absolute atomic E-state index is 9.87. The van der Waals surface area contributed by atoms with Gasteiger partial charge in [0.15, 0.2) is 0 Å². The van der Waals surface area contributed by atoms with Crippen molar-refractivity contribution < 1.29 is 9.53 Å². The van der Waals surface area contributed by atoms with E-state index in [2.05, 4.69) is 14.7 Å². The molecule has 1 aromatic rings. The van der Waals surface area contributed by atoms with E-state index in [0.717, 1.165) is 5.82 Å². The number of aromatic nitrogens is 2. The summed E-state index contributed by atoms with van der Waals surface area (Å²) in [6.07, 6.45) is 3.21. The van der Waals surface area contributed by atoms with E-state index >= 15 is 0 Å². The minimum atomic E-state index is 0.171. The molecule has 0 aliphatic heterocycles. The lowest BCUT2D eigenvalue weighted by Gasteiger charge is -2.09. The average molecular weight is 181 g/mol. The van der Waals surface area contributed by atoms with Crippen LogP contribution in [0.25, 0.3) is 0 Å². The highest BCUT2D eigenvalue weighted by atomic mass is 16.5. The van der Waals surface area contributed by atoms with Gasteiger partial charge in [0.1, 0.15) is 12.4 Å². The van der Waals surface area contributed by atoms with Crippen LogP contribution in [0.3, 0.4) is 0 Å². The second kappa shape index (κ2) is 4.39. The fraction of sp³-hybridized carbons (Fsp3) is 0.375. The maximum Gasteiger partial charge on any atom is 0.293 e. The van der Waals surface area contributed by atoms with Crippen LogP contribution in [0.5, 0.6) is 0 Å². The van der Waals surface area contributed by atoms with Crippen molar-refractivity contribution in [3.05, 3.63) is 18.1 Å². The smallest absolute Gasteiger partial charge is 0.293 e. The Labute approximate surface area is 76.4 Å². The number of nitrogens with zero attached hydrogens (tertiary/aromatic N) is 3. The van der Waals surface area contributed by atoms with Crippen molar-refractivity contribution in [1.29, 1.82) is 0 Å². The molecule has 13 heavy (non-hydrogen) atoms. The quantitative estimate of drug-likeness (QED) is 0.622. The summed E-state index contributed by atoms with van der Waals surface area (Å²) in [6, 6.07) is 0. The molecule has 5 heteroatoms. The van der Waals surface area contributed by atoms with Gasteiger partial charge >= 0.3 is 0 Å². The third-order valence-corrected chi connectivity index (χ3v) is 1.45. The molecule has 0 bridgehead atoms. The van der Waals surface area contributed by atoms with E-state index in [0.29, 0.717) is 12.2 Å². The number of rotatable bonds is 4. The van der Waals surface area contributed by atoms with E-state index in [9.17, 15) is 4.79 Å². The predicted octanol–water partition coefficient (Wildman–Crippen LogP) is 0.216. The topological polar surface area (TPSA) is 55.3 Å². The lowest BCUT2D eigenvalue weighted by Crippen LogP contribution is -2.11. The van der Waals surface area contributed by atoms with Crippen LogP contribution in [0.1, 0.15) is 5.69 Å². The zero-order chi connectivity index (χ0) is 9.68. The van der Waals surface area contributed by atoms with Crippen molar-refractivity contribution in [3.8, 4) is 0 Å². The summed E-state index contributed by atoms with van der Waals surface area (Å²) in [7, 11) is 3.76. The van der Waals surface area contributed by atoms with Crippen LogP contribution in [0.15, 0.2) is 12.4 Å². The van der Waals surface area contributed by atoms with Gasteiger partial charge < -0.3 is 9.64 Å². The molecule has 0 fully saturated rings. The lowest BCUT2D eigenvalue weighted by atomic mass is 10.5. The Morgan fingerprint density at radius 1 is 1.46 bits per heavy atom. The molecule has 0 spiro atoms. The molecule has 1 aromatic heterocycles. The summed E-state index contributed by atoms with van der Waals surface area (Å²) >= 11 is 0. The molecular formula is C8H11N3O2. The first kappa shape index (κ1) is 9.44. The van der Waals surface area contributed by atoms with Gasteiger partial charge in [-0.2, -0.15) is 0 Å². The van der Waals surface area contributed by atoms with Crippen LogP contribution >= 0.6 is 0 Å². The van der Waals surface area contributed by atoms with Gasteiger partial charge in [-0.3, -0.25) is 9.78 Å². The summed E-state index contributed by atoms with van der Waals surface area (Å²) in [5.41, 5.74) is 0.637. The summed E-state index contributed by atoms with van der Waals surface area (Å²) in [6.45, 7) is 0.561. The summed E-state index contributed by atoms with van der Waals surface area (Å²) in [5.74, 6) is 0.773. The second-order valence-electron chi connectivity index (χ2n) is 2.67. The molecule has 0 aromatic carbocycles. The molecule has 0 saturated carbocycles. The number of carbonyl (C=O) groups is 1. The Kier molecular flexibility index (Phi) is 3.19. The first-order valence-corrected chi connectivity index (χ1v) is 3.77. The van der Waals surface area contributed by atoms with Crippen molar-refractivity contribution in [2.75, 3.05) is 19.0 Å². The predicted molar refractivity (Wildman–Crippen MR) is 47.2 cm³/mol. The van der Waals surface area contributed by atoms with E-state index < -0.39 is 0 Å². The Morgan fingerprint density at radius 3 is 2.69 bits per heavy atom. The highest BCUT2D eigenvalue weighted by Gasteiger charge is 1.98. The molecule has 70 valence electrons. The van der Waals surface area contributed by atoms with Crippen molar-refractivity contribution in [2.45, 2.75) is 6.61 Å². The number of carbonyl (C=O) groups excluding carboxylic acids is 1. The van der Waals surface area contributed by atoms with Crippen LogP contribution in [0.2, 0.25) is 0 Å². The molecule has 0 N–H and O–H groups in total. The van der Waals surface area contributed by atoms with E-state index in [4.69, 9.17) is 0 Å². The van der Waals surface area contributed by atoms with E-state index in [1.165, 1.54) is 0 Å². The maximum atomic E-state index is 9.87. The van der Waals surface area contributed by atoms with Crippen LogP contribution in [0, 0.1) is 0 Å². The minimum absolute atomic E-state index is 0.171. The summed E-state index contributed by atoms with van der Waals surface area (Å²) in [4.78, 5) is 19.9. The molecule has 5 nitrogen and oxygen atoms in total. The highest BCUT2D eigenvalue weighted by molar-refractivity contribution is 5.37. The van der Waals surface area contributed by atoms with Gasteiger partial charge in [0.2, 0.25) is 0 Å². The SMILES string of the molecule is CN(C)c1cnc(COC=O)cn1. The van der Waals surface area contributed by atoms with Gasteiger partial charge in [0, 0.05) is 14.1 Å². The molecule has 1 rings (SSSR count). The average Bonchev–Trinajstić information content (AvgIpc) is 2.15. The van der Waals surface area contributed by atoms with E-state index in [1.54, 1.807) is 12.4 Å². The molecule has 0 aliphatic carbocycles. The van der Waals surface area contributed by atoms with Gasteiger partial charge in [0.25, 0.3) is 6.47 Å². The van der Waals surface area contributed by atoms with Crippen molar-refractivity contribution >= 4 is 12.3 Å². The zero-order valence-corrected chi connectivity index (χ0v) is 7.60. The molecule has 0 amide bonds. The summed E-state index contributed by atoms with van der Waals surface area (Å²) in [5, 5.41) is 0. The third-order valence-electron chi connectivity index (χ3n) is 1.45. The van der Waals surface area contributed by atoms with Crippen molar-refractivity contribution in [2.24, 2.45) is 0 Å². The van der Waals surface area contributed by atoms with Gasteiger partial charge in [-0.05, 0) is 0 Å². The fourth-order valence-electron chi connectivity index (χ4n) is 0.773. The number of hydrogen-bond donors (Lipinski definition) is 0. The van der Waals surface area contributed by atoms with Gasteiger partial charge in [-0.15, -0.1) is 0 Å². The number of hydrogen-bond acceptors (Lipinski definition) is 5. The molecule has 1 heterocycles. The van der Waals surface area contributed by atoms with Crippen LogP contribution < -0.4 is 4.90 Å². The molecule has 0 unspecified atom stereocenters. The van der Waals surface area contributed by atoms with Crippen LogP contribution in [-0.2, 0) is 16.1 Å². The number of anilines is 1. The van der Waals surface area contributed by atoms with Crippen molar-refractivity contribution in [3.63, 3.8) is 0 Å². The monoisotopic (exact) mass is 181 g/mol. The highest BCUT2D eigenvalue weighted by Crippen LogP contribution is 2.04. The number of ether oxygens (including phenoxy) is 1. The van der Waals surface area contributed by atoms with Crippen LogP contribution in [-0.4, -0.2) is 30.5 Å². The Morgan fingerprint density at radius 2 is 2.23 bits per heavy atom. The normalized spacial score (nSPS) is 9.38. The first-order chi connectivity index (χ1) is 6.24. The first-order valence-electron chi connectivity index (χ1n) is 3.77. The second-order valence-corrected chi connectivity index (χ2v) is 2.67. The Bertz CT molecular complexity index is 271. The molecular weight excluding hydrogens is 170 g/mol. The molecule has 0 aliphatic rings.